The Balaban J connectivity index is 1.63. The molecule has 0 fully saturated rings. The van der Waals surface area contributed by atoms with Crippen LogP contribution in [0.3, 0.4) is 0 Å². The minimum Gasteiger partial charge on any atom is -0.444 e. The van der Waals surface area contributed by atoms with Gasteiger partial charge in [0.2, 0.25) is 0 Å². The lowest BCUT2D eigenvalue weighted by molar-refractivity contribution is 0.144. The molecule has 126 valence electrons. The summed E-state index contributed by atoms with van der Waals surface area (Å²) in [7, 11) is 0. The number of carbonyl (C=O) groups is 1. The van der Waals surface area contributed by atoms with E-state index in [1.54, 1.807) is 6.07 Å². The van der Waals surface area contributed by atoms with E-state index in [0.29, 0.717) is 5.69 Å². The monoisotopic (exact) mass is 326 g/mol. The molecule has 3 rings (SSSR count). The fraction of sp³-hybridized carbons (Fsp3) is 0.316. The van der Waals surface area contributed by atoms with Crippen LogP contribution in [0.15, 0.2) is 48.5 Å². The molecule has 24 heavy (non-hydrogen) atoms. The van der Waals surface area contributed by atoms with Crippen molar-refractivity contribution in [2.75, 3.05) is 5.32 Å². The third-order valence-corrected chi connectivity index (χ3v) is 4.31. The maximum absolute atomic E-state index is 11.9. The second-order valence-corrected chi connectivity index (χ2v) is 6.10. The number of nitrogens with two attached hydrogens (primary N) is 1. The predicted octanol–water partition coefficient (Wildman–Crippen LogP) is 3.13. The van der Waals surface area contributed by atoms with Gasteiger partial charge in [0.1, 0.15) is 6.61 Å². The number of aliphatic hydroxyl groups excluding tert-OH is 1. The number of carbonyl (C=O) groups excluding carboxylic acids is 1. The third-order valence-electron chi connectivity index (χ3n) is 4.31. The van der Waals surface area contributed by atoms with E-state index in [1.165, 1.54) is 0 Å². The first kappa shape index (κ1) is 16.5. The van der Waals surface area contributed by atoms with Gasteiger partial charge in [0.25, 0.3) is 0 Å². The van der Waals surface area contributed by atoms with E-state index in [0.717, 1.165) is 36.0 Å². The smallest absolute Gasteiger partial charge is 0.411 e. The molecule has 0 aliphatic heterocycles. The average molecular weight is 326 g/mol. The van der Waals surface area contributed by atoms with Crippen molar-refractivity contribution in [2.45, 2.75) is 38.0 Å². The summed E-state index contributed by atoms with van der Waals surface area (Å²) in [5.74, 6) is 0. The van der Waals surface area contributed by atoms with Crippen LogP contribution in [-0.2, 0) is 17.8 Å². The predicted molar refractivity (Wildman–Crippen MR) is 92.6 cm³/mol. The standard InChI is InChI=1S/C19H22N2O3/c20-17-8-4-7-14-11-15(9-10-16(14)18(17)22)21-19(23)24-12-13-5-2-1-3-6-13/h1-3,5-6,9-11,17-18,22H,4,7-8,12,20H2,(H,21,23)/t17-,18-/m0/s1. The zero-order valence-electron chi connectivity index (χ0n) is 13.4. The van der Waals surface area contributed by atoms with Gasteiger partial charge in [-0.15, -0.1) is 0 Å². The highest BCUT2D eigenvalue weighted by atomic mass is 16.5. The van der Waals surface area contributed by atoms with Crippen LogP contribution in [0.1, 0.15) is 35.6 Å². The second kappa shape index (κ2) is 7.47. The summed E-state index contributed by atoms with van der Waals surface area (Å²) in [5.41, 5.74) is 9.44. The summed E-state index contributed by atoms with van der Waals surface area (Å²) >= 11 is 0. The van der Waals surface area contributed by atoms with Gasteiger partial charge in [-0.3, -0.25) is 5.32 Å². The average Bonchev–Trinajstić information content (AvgIpc) is 2.73. The molecular weight excluding hydrogens is 304 g/mol. The molecule has 2 aromatic carbocycles. The van der Waals surface area contributed by atoms with Crippen molar-refractivity contribution in [1.29, 1.82) is 0 Å². The van der Waals surface area contributed by atoms with Crippen LogP contribution in [0.5, 0.6) is 0 Å². The van der Waals surface area contributed by atoms with Gasteiger partial charge >= 0.3 is 6.09 Å². The van der Waals surface area contributed by atoms with Gasteiger partial charge in [-0.1, -0.05) is 36.4 Å². The van der Waals surface area contributed by atoms with Crippen LogP contribution < -0.4 is 11.1 Å². The number of aryl methyl sites for hydroxylation is 1. The van der Waals surface area contributed by atoms with Crippen LogP contribution in [0.25, 0.3) is 0 Å². The Kier molecular flexibility index (Phi) is 5.13. The number of nitrogens with one attached hydrogen (secondary N) is 1. The number of aliphatic hydroxyl groups is 1. The molecule has 1 amide bonds. The van der Waals surface area contributed by atoms with Crippen molar-refractivity contribution in [1.82, 2.24) is 0 Å². The van der Waals surface area contributed by atoms with Gasteiger partial charge in [0.15, 0.2) is 0 Å². The van der Waals surface area contributed by atoms with Gasteiger partial charge in [-0.05, 0) is 48.1 Å². The lowest BCUT2D eigenvalue weighted by atomic mass is 9.98. The van der Waals surface area contributed by atoms with Crippen molar-refractivity contribution < 1.29 is 14.6 Å². The van der Waals surface area contributed by atoms with E-state index in [-0.39, 0.29) is 12.6 Å². The fourth-order valence-electron chi connectivity index (χ4n) is 2.98. The number of fused-ring (bicyclic) bond motifs is 1. The van der Waals surface area contributed by atoms with E-state index in [2.05, 4.69) is 5.32 Å². The maximum Gasteiger partial charge on any atom is 0.411 e. The number of hydrogen-bond donors (Lipinski definition) is 3. The zero-order valence-corrected chi connectivity index (χ0v) is 13.4. The van der Waals surface area contributed by atoms with Crippen molar-refractivity contribution in [3.8, 4) is 0 Å². The molecule has 0 heterocycles. The fourth-order valence-corrected chi connectivity index (χ4v) is 2.98. The van der Waals surface area contributed by atoms with E-state index >= 15 is 0 Å². The number of benzene rings is 2. The number of rotatable bonds is 3. The molecule has 4 N–H and O–H groups in total. The molecular formula is C19H22N2O3. The molecule has 0 aromatic heterocycles. The Hall–Kier alpha value is -2.37. The third kappa shape index (κ3) is 3.93. The molecule has 0 saturated heterocycles. The lowest BCUT2D eigenvalue weighted by Crippen LogP contribution is -2.27. The van der Waals surface area contributed by atoms with E-state index in [1.807, 2.05) is 42.5 Å². The van der Waals surface area contributed by atoms with Crippen molar-refractivity contribution in [3.05, 3.63) is 65.2 Å². The summed E-state index contributed by atoms with van der Waals surface area (Å²) in [5, 5.41) is 13.0. The Morgan fingerprint density at radius 1 is 1.25 bits per heavy atom. The van der Waals surface area contributed by atoms with E-state index in [4.69, 9.17) is 10.5 Å². The Morgan fingerprint density at radius 3 is 2.83 bits per heavy atom. The normalized spacial score (nSPS) is 19.9. The van der Waals surface area contributed by atoms with Gasteiger partial charge in [-0.25, -0.2) is 4.79 Å². The van der Waals surface area contributed by atoms with Crippen LogP contribution in [0.4, 0.5) is 10.5 Å². The molecule has 2 aromatic rings. The van der Waals surface area contributed by atoms with Gasteiger partial charge in [0, 0.05) is 11.7 Å². The molecule has 0 radical (unpaired) electrons. The molecule has 0 unspecified atom stereocenters. The summed E-state index contributed by atoms with van der Waals surface area (Å²) in [4.78, 5) is 11.9. The number of ether oxygens (including phenoxy) is 1. The number of hydrogen-bond acceptors (Lipinski definition) is 4. The van der Waals surface area contributed by atoms with Gasteiger partial charge < -0.3 is 15.6 Å². The summed E-state index contributed by atoms with van der Waals surface area (Å²) in [6.07, 6.45) is 1.41. The highest BCUT2D eigenvalue weighted by molar-refractivity contribution is 5.84. The first-order valence-electron chi connectivity index (χ1n) is 8.17. The Bertz CT molecular complexity index is 703. The van der Waals surface area contributed by atoms with E-state index in [9.17, 15) is 9.90 Å². The molecule has 1 aliphatic rings. The minimum absolute atomic E-state index is 0.227. The Morgan fingerprint density at radius 2 is 2.04 bits per heavy atom. The van der Waals surface area contributed by atoms with Gasteiger partial charge in [-0.2, -0.15) is 0 Å². The molecule has 0 bridgehead atoms. The van der Waals surface area contributed by atoms with Crippen LogP contribution in [0, 0.1) is 0 Å². The van der Waals surface area contributed by atoms with Crippen molar-refractivity contribution in [2.24, 2.45) is 5.73 Å². The largest absolute Gasteiger partial charge is 0.444 e. The topological polar surface area (TPSA) is 84.6 Å². The Labute approximate surface area is 141 Å². The minimum atomic E-state index is -0.651. The van der Waals surface area contributed by atoms with Crippen molar-refractivity contribution in [3.63, 3.8) is 0 Å². The summed E-state index contributed by atoms with van der Waals surface area (Å²) in [6, 6.07) is 14.8. The maximum atomic E-state index is 11.9. The number of anilines is 1. The second-order valence-electron chi connectivity index (χ2n) is 6.10. The van der Waals surface area contributed by atoms with Crippen LogP contribution >= 0.6 is 0 Å². The highest BCUT2D eigenvalue weighted by Gasteiger charge is 2.23. The van der Waals surface area contributed by atoms with E-state index < -0.39 is 12.2 Å². The van der Waals surface area contributed by atoms with Crippen LogP contribution in [-0.4, -0.2) is 17.2 Å². The van der Waals surface area contributed by atoms with Crippen LogP contribution in [0.2, 0.25) is 0 Å². The molecule has 2 atom stereocenters. The first-order valence-corrected chi connectivity index (χ1v) is 8.17. The quantitative estimate of drug-likeness (QED) is 0.757. The highest BCUT2D eigenvalue weighted by Crippen LogP contribution is 2.30. The lowest BCUT2D eigenvalue weighted by Gasteiger charge is -2.18. The SMILES string of the molecule is N[C@H]1CCCc2cc(NC(=O)OCc3ccccc3)ccc2[C@@H]1O. The molecule has 1 aliphatic carbocycles. The molecule has 0 spiro atoms. The molecule has 5 nitrogen and oxygen atoms in total. The molecule has 5 heteroatoms. The van der Waals surface area contributed by atoms with Crippen molar-refractivity contribution >= 4 is 11.8 Å². The summed E-state index contributed by atoms with van der Waals surface area (Å²) in [6.45, 7) is 0.227. The number of amides is 1. The summed E-state index contributed by atoms with van der Waals surface area (Å²) < 4.78 is 5.22. The zero-order chi connectivity index (χ0) is 16.9. The first-order chi connectivity index (χ1) is 11.6. The molecule has 0 saturated carbocycles. The van der Waals surface area contributed by atoms with Gasteiger partial charge in [0.05, 0.1) is 6.10 Å².